The molecule has 3 aromatic rings. The molecule has 0 unspecified atom stereocenters. The second-order valence-electron chi connectivity index (χ2n) is 4.79. The Morgan fingerprint density at radius 2 is 1.74 bits per heavy atom. The highest BCUT2D eigenvalue weighted by atomic mass is 16.5. The van der Waals surface area contributed by atoms with Crippen molar-refractivity contribution < 1.29 is 14.1 Å². The summed E-state index contributed by atoms with van der Waals surface area (Å²) >= 11 is 0. The van der Waals surface area contributed by atoms with Gasteiger partial charge in [0.15, 0.2) is 0 Å². The monoisotopic (exact) mass is 309 g/mol. The summed E-state index contributed by atoms with van der Waals surface area (Å²) in [7, 11) is 0. The molecule has 0 aliphatic heterocycles. The first-order chi connectivity index (χ1) is 11.3. The van der Waals surface area contributed by atoms with Gasteiger partial charge in [-0.05, 0) is 5.56 Å². The lowest BCUT2D eigenvalue weighted by atomic mass is 10.2. The van der Waals surface area contributed by atoms with Gasteiger partial charge in [-0.15, -0.1) is 0 Å². The molecule has 1 aromatic heterocycles. The Kier molecular flexibility index (Phi) is 4.63. The molecular formula is C17H15N3O3. The molecule has 3 rings (SSSR count). The van der Waals surface area contributed by atoms with Crippen molar-refractivity contribution in [2.45, 2.75) is 13.2 Å². The third kappa shape index (κ3) is 4.16. The zero-order chi connectivity index (χ0) is 15.9. The van der Waals surface area contributed by atoms with Crippen LogP contribution >= 0.6 is 0 Å². The maximum Gasteiger partial charge on any atom is 0.407 e. The number of alkyl carbamates (subject to hydrolysis) is 1. The minimum atomic E-state index is -0.534. The van der Waals surface area contributed by atoms with Crippen LogP contribution in [0.5, 0.6) is 0 Å². The van der Waals surface area contributed by atoms with Crippen LogP contribution in [0.2, 0.25) is 0 Å². The maximum atomic E-state index is 11.6. The van der Waals surface area contributed by atoms with Gasteiger partial charge in [-0.1, -0.05) is 65.8 Å². The van der Waals surface area contributed by atoms with Crippen LogP contribution in [0.3, 0.4) is 0 Å². The lowest BCUT2D eigenvalue weighted by Gasteiger charge is -2.05. The van der Waals surface area contributed by atoms with E-state index in [1.807, 2.05) is 60.7 Å². The third-order valence-corrected chi connectivity index (χ3v) is 3.10. The van der Waals surface area contributed by atoms with Gasteiger partial charge in [0.1, 0.15) is 13.2 Å². The summed E-state index contributed by atoms with van der Waals surface area (Å²) in [4.78, 5) is 15.9. The van der Waals surface area contributed by atoms with Crippen molar-refractivity contribution in [3.05, 3.63) is 72.1 Å². The Labute approximate surface area is 133 Å². The van der Waals surface area contributed by atoms with E-state index in [1.165, 1.54) is 0 Å². The Bertz CT molecular complexity index is 757. The van der Waals surface area contributed by atoms with E-state index in [-0.39, 0.29) is 13.2 Å². The number of hydrogen-bond donors (Lipinski definition) is 1. The summed E-state index contributed by atoms with van der Waals surface area (Å²) in [6.07, 6.45) is -0.534. The predicted molar refractivity (Wildman–Crippen MR) is 83.2 cm³/mol. The molecule has 6 nitrogen and oxygen atoms in total. The second-order valence-corrected chi connectivity index (χ2v) is 4.79. The summed E-state index contributed by atoms with van der Waals surface area (Å²) in [6.45, 7) is 0.333. The second kappa shape index (κ2) is 7.22. The van der Waals surface area contributed by atoms with Gasteiger partial charge in [0.05, 0.1) is 0 Å². The fourth-order valence-corrected chi connectivity index (χ4v) is 1.95. The van der Waals surface area contributed by atoms with Crippen molar-refractivity contribution in [1.82, 2.24) is 15.5 Å². The molecule has 0 spiro atoms. The van der Waals surface area contributed by atoms with E-state index in [0.29, 0.717) is 11.7 Å². The number of aromatic nitrogens is 2. The standard InChI is InChI=1S/C17H15N3O3/c21-17(22-12-13-7-3-1-4-8-13)18-11-15-19-16(20-23-15)14-9-5-2-6-10-14/h1-10H,11-12H2,(H,18,21). The molecule has 0 bridgehead atoms. The van der Waals surface area contributed by atoms with Gasteiger partial charge in [-0.25, -0.2) is 4.79 Å². The molecular weight excluding hydrogens is 294 g/mol. The zero-order valence-electron chi connectivity index (χ0n) is 12.3. The molecule has 116 valence electrons. The van der Waals surface area contributed by atoms with Crippen molar-refractivity contribution in [2.24, 2.45) is 0 Å². The van der Waals surface area contributed by atoms with Gasteiger partial charge in [-0.2, -0.15) is 4.98 Å². The first-order valence-corrected chi connectivity index (χ1v) is 7.14. The number of benzene rings is 2. The number of rotatable bonds is 5. The molecule has 23 heavy (non-hydrogen) atoms. The number of hydrogen-bond acceptors (Lipinski definition) is 5. The lowest BCUT2D eigenvalue weighted by molar-refractivity contribution is 0.138. The third-order valence-electron chi connectivity index (χ3n) is 3.10. The Balaban J connectivity index is 1.49. The molecule has 0 aliphatic rings. The molecule has 1 heterocycles. The van der Waals surface area contributed by atoms with Crippen LogP contribution in [-0.4, -0.2) is 16.2 Å². The van der Waals surface area contributed by atoms with Crippen LogP contribution in [0.1, 0.15) is 11.5 Å². The first-order valence-electron chi connectivity index (χ1n) is 7.14. The van der Waals surface area contributed by atoms with E-state index >= 15 is 0 Å². The van der Waals surface area contributed by atoms with Gasteiger partial charge in [0.25, 0.3) is 0 Å². The molecule has 0 fully saturated rings. The molecule has 6 heteroatoms. The SMILES string of the molecule is O=C(NCc1nc(-c2ccccc2)no1)OCc1ccccc1. The molecule has 0 saturated heterocycles. The van der Waals surface area contributed by atoms with E-state index in [2.05, 4.69) is 15.5 Å². The fraction of sp³-hybridized carbons (Fsp3) is 0.118. The minimum absolute atomic E-state index is 0.119. The van der Waals surface area contributed by atoms with Crippen molar-refractivity contribution in [2.75, 3.05) is 0 Å². The number of nitrogens with one attached hydrogen (secondary N) is 1. The largest absolute Gasteiger partial charge is 0.445 e. The average molecular weight is 309 g/mol. The van der Waals surface area contributed by atoms with Crippen LogP contribution in [0, 0.1) is 0 Å². The molecule has 0 aliphatic carbocycles. The van der Waals surface area contributed by atoms with Crippen LogP contribution in [0.15, 0.2) is 65.2 Å². The lowest BCUT2D eigenvalue weighted by Crippen LogP contribution is -2.23. The van der Waals surface area contributed by atoms with Crippen molar-refractivity contribution in [3.63, 3.8) is 0 Å². The summed E-state index contributed by atoms with van der Waals surface area (Å²) in [6, 6.07) is 18.9. The van der Waals surface area contributed by atoms with Crippen LogP contribution < -0.4 is 5.32 Å². The first kappa shape index (κ1) is 14.8. The molecule has 1 amide bonds. The molecule has 0 atom stereocenters. The van der Waals surface area contributed by atoms with Crippen molar-refractivity contribution in [1.29, 1.82) is 0 Å². The van der Waals surface area contributed by atoms with Crippen LogP contribution in [0.25, 0.3) is 11.4 Å². The van der Waals surface area contributed by atoms with E-state index in [0.717, 1.165) is 11.1 Å². The maximum absolute atomic E-state index is 11.6. The summed E-state index contributed by atoms with van der Waals surface area (Å²) in [5.74, 6) is 0.806. The van der Waals surface area contributed by atoms with Crippen LogP contribution in [-0.2, 0) is 17.9 Å². The zero-order valence-corrected chi connectivity index (χ0v) is 12.3. The van der Waals surface area contributed by atoms with Crippen LogP contribution in [0.4, 0.5) is 4.79 Å². The van der Waals surface area contributed by atoms with Crippen molar-refractivity contribution in [3.8, 4) is 11.4 Å². The summed E-state index contributed by atoms with van der Waals surface area (Å²) in [5.41, 5.74) is 1.78. The highest BCUT2D eigenvalue weighted by Gasteiger charge is 2.10. The minimum Gasteiger partial charge on any atom is -0.445 e. The normalized spacial score (nSPS) is 10.3. The highest BCUT2D eigenvalue weighted by Crippen LogP contribution is 2.14. The summed E-state index contributed by atoms with van der Waals surface area (Å²) < 4.78 is 10.2. The smallest absolute Gasteiger partial charge is 0.407 e. The fourth-order valence-electron chi connectivity index (χ4n) is 1.95. The van der Waals surface area contributed by atoms with Gasteiger partial charge in [-0.3, -0.25) is 0 Å². The van der Waals surface area contributed by atoms with Gasteiger partial charge in [0, 0.05) is 5.56 Å². The van der Waals surface area contributed by atoms with Crippen molar-refractivity contribution >= 4 is 6.09 Å². The van der Waals surface area contributed by atoms with E-state index in [1.54, 1.807) is 0 Å². The molecule has 0 saturated carbocycles. The molecule has 1 N–H and O–H groups in total. The number of nitrogens with zero attached hydrogens (tertiary/aromatic N) is 2. The Morgan fingerprint density at radius 1 is 1.04 bits per heavy atom. The number of carbonyl (C=O) groups is 1. The van der Waals surface area contributed by atoms with E-state index < -0.39 is 6.09 Å². The summed E-state index contributed by atoms with van der Waals surface area (Å²) in [5, 5.41) is 6.46. The number of ether oxygens (including phenoxy) is 1. The number of carbonyl (C=O) groups excluding carboxylic acids is 1. The quantitative estimate of drug-likeness (QED) is 0.783. The Hall–Kier alpha value is -3.15. The topological polar surface area (TPSA) is 77.3 Å². The van der Waals surface area contributed by atoms with Gasteiger partial charge >= 0.3 is 6.09 Å². The van der Waals surface area contributed by atoms with E-state index in [4.69, 9.17) is 9.26 Å². The highest BCUT2D eigenvalue weighted by molar-refractivity contribution is 5.67. The molecule has 2 aromatic carbocycles. The number of amides is 1. The average Bonchev–Trinajstić information content (AvgIpc) is 3.09. The van der Waals surface area contributed by atoms with E-state index in [9.17, 15) is 4.79 Å². The van der Waals surface area contributed by atoms with Gasteiger partial charge < -0.3 is 14.6 Å². The molecule has 0 radical (unpaired) electrons. The van der Waals surface area contributed by atoms with Gasteiger partial charge in [0.2, 0.25) is 11.7 Å². The Morgan fingerprint density at radius 3 is 2.48 bits per heavy atom. The predicted octanol–water partition coefficient (Wildman–Crippen LogP) is 3.16.